The molecule has 2 aromatic heterocycles. The number of nitrogens with zero attached hydrogens (tertiary/aromatic N) is 4. The second kappa shape index (κ2) is 6.59. The molecule has 0 spiro atoms. The number of fused-ring (bicyclic) bond motifs is 1. The van der Waals surface area contributed by atoms with E-state index < -0.39 is 0 Å². The second-order valence-electron chi connectivity index (χ2n) is 5.17. The average molecular weight is 346 g/mol. The molecule has 8 heteroatoms. The van der Waals surface area contributed by atoms with Crippen LogP contribution in [-0.2, 0) is 11.2 Å². The molecular weight excluding hydrogens is 332 g/mol. The number of aromatic nitrogens is 4. The van der Waals surface area contributed by atoms with Crippen LogP contribution in [0.1, 0.15) is 23.7 Å². The van der Waals surface area contributed by atoms with Gasteiger partial charge in [-0.1, -0.05) is 52.9 Å². The molecule has 0 N–H and O–H groups in total. The smallest absolute Gasteiger partial charge is 0.297 e. The minimum atomic E-state index is -0.262. The number of hydrogen-bond acceptors (Lipinski definition) is 7. The van der Waals surface area contributed by atoms with E-state index in [1.807, 2.05) is 31.2 Å². The fourth-order valence-electron chi connectivity index (χ4n) is 1.96. The molecule has 0 aliphatic heterocycles. The fraction of sp³-hybridized carbons (Fsp3) is 0.267. The van der Waals surface area contributed by atoms with Gasteiger partial charge in [-0.05, 0) is 19.4 Å². The standard InChI is InChI=1S/C15H14N4O2S2/c1-9-3-5-11(6-4-9)7-12-13(21)19-14(17-16-12)23-15(18-19)22-8-10(2)20/h3-6H,7-8H2,1-2H3. The van der Waals surface area contributed by atoms with E-state index in [1.54, 1.807) is 0 Å². The Kier molecular flexibility index (Phi) is 4.53. The van der Waals surface area contributed by atoms with Crippen LogP contribution in [0.2, 0.25) is 0 Å². The molecule has 3 rings (SSSR count). The third-order valence-corrected chi connectivity index (χ3v) is 5.30. The van der Waals surface area contributed by atoms with Crippen molar-refractivity contribution in [1.82, 2.24) is 19.8 Å². The largest absolute Gasteiger partial charge is 0.299 e. The molecule has 2 heterocycles. The summed E-state index contributed by atoms with van der Waals surface area (Å²) in [6.45, 7) is 3.53. The van der Waals surface area contributed by atoms with Crippen LogP contribution in [0, 0.1) is 6.92 Å². The zero-order valence-electron chi connectivity index (χ0n) is 12.6. The molecule has 0 aliphatic carbocycles. The van der Waals surface area contributed by atoms with Gasteiger partial charge in [0, 0.05) is 6.42 Å². The molecule has 23 heavy (non-hydrogen) atoms. The number of carbonyl (C=O) groups is 1. The first-order chi connectivity index (χ1) is 11.0. The van der Waals surface area contributed by atoms with Gasteiger partial charge < -0.3 is 0 Å². The van der Waals surface area contributed by atoms with Crippen LogP contribution in [-0.4, -0.2) is 31.3 Å². The Morgan fingerprint density at radius 2 is 2.00 bits per heavy atom. The van der Waals surface area contributed by atoms with Crippen molar-refractivity contribution < 1.29 is 4.79 Å². The van der Waals surface area contributed by atoms with E-state index in [1.165, 1.54) is 40.1 Å². The summed E-state index contributed by atoms with van der Waals surface area (Å²) in [5.74, 6) is 0.394. The van der Waals surface area contributed by atoms with Crippen molar-refractivity contribution >= 4 is 33.8 Å². The van der Waals surface area contributed by atoms with Crippen molar-refractivity contribution in [2.45, 2.75) is 24.6 Å². The number of Topliss-reactive ketones (excluding diaryl/α,β-unsaturated/α-hetero) is 1. The summed E-state index contributed by atoms with van der Waals surface area (Å²) in [7, 11) is 0. The molecule has 0 amide bonds. The van der Waals surface area contributed by atoms with Gasteiger partial charge in [-0.15, -0.1) is 15.3 Å². The van der Waals surface area contributed by atoms with E-state index in [0.29, 0.717) is 27.2 Å². The summed E-state index contributed by atoms with van der Waals surface area (Å²) < 4.78 is 1.91. The minimum Gasteiger partial charge on any atom is -0.299 e. The van der Waals surface area contributed by atoms with Gasteiger partial charge in [0.25, 0.3) is 5.56 Å². The molecule has 118 valence electrons. The summed E-state index contributed by atoms with van der Waals surface area (Å²) in [5, 5.41) is 12.3. The topological polar surface area (TPSA) is 77.2 Å². The van der Waals surface area contributed by atoms with E-state index >= 15 is 0 Å². The lowest BCUT2D eigenvalue weighted by molar-refractivity contribution is -0.114. The molecule has 0 radical (unpaired) electrons. The summed E-state index contributed by atoms with van der Waals surface area (Å²) in [6, 6.07) is 7.94. The Balaban J connectivity index is 1.90. The van der Waals surface area contributed by atoms with E-state index in [2.05, 4.69) is 15.3 Å². The molecule has 1 aromatic carbocycles. The van der Waals surface area contributed by atoms with Crippen LogP contribution in [0.15, 0.2) is 33.4 Å². The number of ketones is 1. The van der Waals surface area contributed by atoms with E-state index in [-0.39, 0.29) is 11.3 Å². The highest BCUT2D eigenvalue weighted by Crippen LogP contribution is 2.22. The third-order valence-electron chi connectivity index (χ3n) is 3.13. The van der Waals surface area contributed by atoms with Gasteiger partial charge in [0.15, 0.2) is 4.34 Å². The van der Waals surface area contributed by atoms with Crippen LogP contribution >= 0.6 is 23.1 Å². The summed E-state index contributed by atoms with van der Waals surface area (Å²) in [6.07, 6.45) is 0.419. The van der Waals surface area contributed by atoms with Gasteiger partial charge in [0.1, 0.15) is 11.5 Å². The van der Waals surface area contributed by atoms with Crippen molar-refractivity contribution in [2.24, 2.45) is 0 Å². The first kappa shape index (κ1) is 15.8. The number of aryl methyl sites for hydroxylation is 1. The van der Waals surface area contributed by atoms with Crippen LogP contribution < -0.4 is 5.56 Å². The minimum absolute atomic E-state index is 0.0627. The maximum absolute atomic E-state index is 12.5. The van der Waals surface area contributed by atoms with Gasteiger partial charge in [-0.25, -0.2) is 0 Å². The number of thioether (sulfide) groups is 1. The Hall–Kier alpha value is -2.06. The predicted molar refractivity (Wildman–Crippen MR) is 90.3 cm³/mol. The third kappa shape index (κ3) is 3.65. The normalized spacial score (nSPS) is 11.0. The Bertz CT molecular complexity index is 915. The lowest BCUT2D eigenvalue weighted by atomic mass is 10.1. The number of rotatable bonds is 5. The highest BCUT2D eigenvalue weighted by molar-refractivity contribution is 8.01. The van der Waals surface area contributed by atoms with Crippen LogP contribution in [0.5, 0.6) is 0 Å². The Labute approximate surface area is 140 Å². The summed E-state index contributed by atoms with van der Waals surface area (Å²) >= 11 is 2.56. The zero-order chi connectivity index (χ0) is 16.4. The van der Waals surface area contributed by atoms with Crippen molar-refractivity contribution in [3.05, 3.63) is 51.4 Å². The van der Waals surface area contributed by atoms with E-state index in [4.69, 9.17) is 0 Å². The molecule has 0 saturated carbocycles. The molecule has 0 bridgehead atoms. The van der Waals surface area contributed by atoms with E-state index in [0.717, 1.165) is 5.56 Å². The molecule has 3 aromatic rings. The maximum atomic E-state index is 12.5. The average Bonchev–Trinajstić information content (AvgIpc) is 2.94. The number of carbonyl (C=O) groups excluding carboxylic acids is 1. The molecule has 0 saturated heterocycles. The predicted octanol–water partition coefficient (Wildman–Crippen LogP) is 2.13. The highest BCUT2D eigenvalue weighted by atomic mass is 32.2. The van der Waals surface area contributed by atoms with E-state index in [9.17, 15) is 9.59 Å². The monoisotopic (exact) mass is 346 g/mol. The van der Waals surface area contributed by atoms with Gasteiger partial charge in [-0.3, -0.25) is 9.59 Å². The van der Waals surface area contributed by atoms with Crippen molar-refractivity contribution in [3.63, 3.8) is 0 Å². The van der Waals surface area contributed by atoms with Gasteiger partial charge in [-0.2, -0.15) is 4.52 Å². The van der Waals surface area contributed by atoms with Crippen molar-refractivity contribution in [1.29, 1.82) is 0 Å². The molecule has 0 fully saturated rings. The zero-order valence-corrected chi connectivity index (χ0v) is 14.3. The molecular formula is C15H14N4O2S2. The number of benzene rings is 1. The molecule has 0 unspecified atom stereocenters. The Morgan fingerprint density at radius 3 is 2.70 bits per heavy atom. The fourth-order valence-corrected chi connectivity index (χ4v) is 3.63. The van der Waals surface area contributed by atoms with Gasteiger partial charge in [0.2, 0.25) is 4.96 Å². The second-order valence-corrected chi connectivity index (χ2v) is 7.35. The van der Waals surface area contributed by atoms with Crippen molar-refractivity contribution in [2.75, 3.05) is 5.75 Å². The van der Waals surface area contributed by atoms with Gasteiger partial charge in [0.05, 0.1) is 5.75 Å². The Morgan fingerprint density at radius 1 is 1.26 bits per heavy atom. The van der Waals surface area contributed by atoms with Crippen LogP contribution in [0.25, 0.3) is 4.96 Å². The van der Waals surface area contributed by atoms with Crippen LogP contribution in [0.4, 0.5) is 0 Å². The lowest BCUT2D eigenvalue weighted by Gasteiger charge is -2.00. The van der Waals surface area contributed by atoms with Crippen molar-refractivity contribution in [3.8, 4) is 0 Å². The molecule has 0 atom stereocenters. The molecule has 0 aliphatic rings. The summed E-state index contributed by atoms with van der Waals surface area (Å²) in [4.78, 5) is 24.0. The lowest BCUT2D eigenvalue weighted by Crippen LogP contribution is -2.22. The maximum Gasteiger partial charge on any atom is 0.297 e. The highest BCUT2D eigenvalue weighted by Gasteiger charge is 2.13. The first-order valence-electron chi connectivity index (χ1n) is 6.96. The SMILES string of the molecule is CC(=O)CSc1nn2c(=O)c(Cc3ccc(C)cc3)nnc2s1. The molecule has 6 nitrogen and oxygen atoms in total. The van der Waals surface area contributed by atoms with Crippen LogP contribution in [0.3, 0.4) is 0 Å². The quantitative estimate of drug-likeness (QED) is 0.659. The van der Waals surface area contributed by atoms with Gasteiger partial charge >= 0.3 is 0 Å². The number of hydrogen-bond donors (Lipinski definition) is 0. The first-order valence-corrected chi connectivity index (χ1v) is 8.76. The summed E-state index contributed by atoms with van der Waals surface area (Å²) in [5.41, 5.74) is 2.27.